The number of rotatable bonds is 2. The second-order valence-electron chi connectivity index (χ2n) is 7.31. The van der Waals surface area contributed by atoms with Crippen molar-refractivity contribution in [2.45, 2.75) is 52.6 Å². The molecule has 0 aliphatic carbocycles. The van der Waals surface area contributed by atoms with Crippen LogP contribution in [0.2, 0.25) is 0 Å². The second-order valence-corrected chi connectivity index (χ2v) is 7.31. The highest BCUT2D eigenvalue weighted by atomic mass is 16.2. The van der Waals surface area contributed by atoms with Crippen molar-refractivity contribution < 1.29 is 9.59 Å². The molecule has 1 aromatic heterocycles. The zero-order chi connectivity index (χ0) is 17.3. The van der Waals surface area contributed by atoms with Crippen LogP contribution in [0, 0.1) is 11.8 Å². The number of carbonyl (C=O) groups excluding carboxylic acids is 2. The van der Waals surface area contributed by atoms with Crippen LogP contribution in [-0.2, 0) is 16.1 Å². The van der Waals surface area contributed by atoms with Crippen molar-refractivity contribution in [1.29, 1.82) is 0 Å². The second kappa shape index (κ2) is 6.95. The van der Waals surface area contributed by atoms with E-state index in [-0.39, 0.29) is 23.8 Å². The predicted octanol–water partition coefficient (Wildman–Crippen LogP) is 2.07. The molecule has 1 fully saturated rings. The highest BCUT2D eigenvalue weighted by Gasteiger charge is 2.37. The minimum absolute atomic E-state index is 0.0382. The third kappa shape index (κ3) is 3.19. The van der Waals surface area contributed by atoms with Crippen LogP contribution < -0.4 is 0 Å². The molecule has 1 atom stereocenters. The first-order valence-corrected chi connectivity index (χ1v) is 9.06. The van der Waals surface area contributed by atoms with Crippen molar-refractivity contribution in [3.63, 3.8) is 0 Å². The number of likely N-dealkylation sites (tertiary alicyclic amines) is 1. The molecule has 2 aliphatic rings. The van der Waals surface area contributed by atoms with Crippen molar-refractivity contribution in [3.8, 4) is 0 Å². The Morgan fingerprint density at radius 3 is 2.50 bits per heavy atom. The maximum Gasteiger partial charge on any atom is 0.225 e. The molecule has 6 heteroatoms. The number of hydrogen-bond donors (Lipinski definition) is 0. The SMILES string of the molecule is CC(=O)N1CCCn2ccnc2C1C1CCN(C(=O)C(C)C)CC1. The lowest BCUT2D eigenvalue weighted by Crippen LogP contribution is -2.45. The molecule has 0 N–H and O–H groups in total. The first kappa shape index (κ1) is 17.0. The average molecular weight is 332 g/mol. The summed E-state index contributed by atoms with van der Waals surface area (Å²) in [5, 5.41) is 0. The van der Waals surface area contributed by atoms with Crippen LogP contribution in [0.1, 0.15) is 51.9 Å². The third-order valence-corrected chi connectivity index (χ3v) is 5.34. The molecule has 1 aromatic rings. The van der Waals surface area contributed by atoms with E-state index in [0.717, 1.165) is 51.3 Å². The minimum atomic E-state index is 0.0382. The van der Waals surface area contributed by atoms with Crippen molar-refractivity contribution in [2.24, 2.45) is 11.8 Å². The van der Waals surface area contributed by atoms with Gasteiger partial charge in [0.25, 0.3) is 0 Å². The third-order valence-electron chi connectivity index (χ3n) is 5.34. The van der Waals surface area contributed by atoms with Gasteiger partial charge in [0.2, 0.25) is 11.8 Å². The van der Waals surface area contributed by atoms with Gasteiger partial charge >= 0.3 is 0 Å². The van der Waals surface area contributed by atoms with Crippen molar-refractivity contribution in [3.05, 3.63) is 18.2 Å². The van der Waals surface area contributed by atoms with E-state index < -0.39 is 0 Å². The summed E-state index contributed by atoms with van der Waals surface area (Å²) in [4.78, 5) is 33.0. The van der Waals surface area contributed by atoms with Crippen molar-refractivity contribution in [2.75, 3.05) is 19.6 Å². The van der Waals surface area contributed by atoms with Gasteiger partial charge in [0.15, 0.2) is 0 Å². The van der Waals surface area contributed by atoms with E-state index in [1.807, 2.05) is 36.0 Å². The number of aromatic nitrogens is 2. The Balaban J connectivity index is 1.79. The Morgan fingerprint density at radius 1 is 1.17 bits per heavy atom. The molecule has 0 bridgehead atoms. The standard InChI is InChI=1S/C18H28N4O2/c1-13(2)18(24)21-10-5-15(6-11-21)16-17-19-7-12-20(17)8-4-9-22(16)14(3)23/h7,12-13,15-16H,4-6,8-11H2,1-3H3. The molecule has 1 unspecified atom stereocenters. The van der Waals surface area contributed by atoms with Gasteiger partial charge in [0.05, 0.1) is 6.04 Å². The summed E-state index contributed by atoms with van der Waals surface area (Å²) in [7, 11) is 0. The molecule has 2 aliphatic heterocycles. The normalized spacial score (nSPS) is 22.4. The number of fused-ring (bicyclic) bond motifs is 1. The fourth-order valence-electron chi connectivity index (χ4n) is 4.09. The molecule has 24 heavy (non-hydrogen) atoms. The van der Waals surface area contributed by atoms with Gasteiger partial charge in [-0.15, -0.1) is 0 Å². The molecule has 0 spiro atoms. The summed E-state index contributed by atoms with van der Waals surface area (Å²) >= 11 is 0. The van der Waals surface area contributed by atoms with Gasteiger partial charge < -0.3 is 14.4 Å². The van der Waals surface area contributed by atoms with Gasteiger partial charge in [-0.1, -0.05) is 13.8 Å². The van der Waals surface area contributed by atoms with Crippen LogP contribution in [-0.4, -0.2) is 50.8 Å². The van der Waals surface area contributed by atoms with Gasteiger partial charge in [-0.3, -0.25) is 9.59 Å². The van der Waals surface area contributed by atoms with Gasteiger partial charge in [0.1, 0.15) is 5.82 Å². The Kier molecular flexibility index (Phi) is 4.92. The van der Waals surface area contributed by atoms with Gasteiger partial charge in [0, 0.05) is 51.4 Å². The topological polar surface area (TPSA) is 58.4 Å². The minimum Gasteiger partial charge on any atom is -0.342 e. The van der Waals surface area contributed by atoms with E-state index in [9.17, 15) is 9.59 Å². The maximum atomic E-state index is 12.2. The molecule has 1 saturated heterocycles. The van der Waals surface area contributed by atoms with Gasteiger partial charge in [-0.05, 0) is 25.2 Å². The smallest absolute Gasteiger partial charge is 0.225 e. The van der Waals surface area contributed by atoms with Crippen molar-refractivity contribution in [1.82, 2.24) is 19.4 Å². The molecular formula is C18H28N4O2. The highest BCUT2D eigenvalue weighted by Crippen LogP contribution is 2.36. The number of hydrogen-bond acceptors (Lipinski definition) is 3. The summed E-state index contributed by atoms with van der Waals surface area (Å²) < 4.78 is 2.19. The predicted molar refractivity (Wildman–Crippen MR) is 91.1 cm³/mol. The molecule has 3 heterocycles. The quantitative estimate of drug-likeness (QED) is 0.833. The summed E-state index contributed by atoms with van der Waals surface area (Å²) in [6.07, 6.45) is 6.68. The Labute approximate surface area is 143 Å². The number of piperidine rings is 1. The number of amides is 2. The van der Waals surface area contributed by atoms with E-state index in [4.69, 9.17) is 0 Å². The zero-order valence-corrected chi connectivity index (χ0v) is 14.9. The Morgan fingerprint density at radius 2 is 1.88 bits per heavy atom. The lowest BCUT2D eigenvalue weighted by molar-refractivity contribution is -0.138. The molecule has 2 amide bonds. The first-order valence-electron chi connectivity index (χ1n) is 9.06. The number of aryl methyl sites for hydroxylation is 1. The number of nitrogens with zero attached hydrogens (tertiary/aromatic N) is 4. The fourth-order valence-corrected chi connectivity index (χ4v) is 4.09. The van der Waals surface area contributed by atoms with E-state index in [2.05, 4.69) is 9.55 Å². The first-order chi connectivity index (χ1) is 11.5. The average Bonchev–Trinajstić information content (AvgIpc) is 2.94. The van der Waals surface area contributed by atoms with Crippen LogP contribution in [0.25, 0.3) is 0 Å². The van der Waals surface area contributed by atoms with Gasteiger partial charge in [-0.2, -0.15) is 0 Å². The molecule has 132 valence electrons. The number of imidazole rings is 1. The van der Waals surface area contributed by atoms with E-state index in [0.29, 0.717) is 5.92 Å². The highest BCUT2D eigenvalue weighted by molar-refractivity contribution is 5.78. The molecule has 6 nitrogen and oxygen atoms in total. The summed E-state index contributed by atoms with van der Waals surface area (Å²) in [6.45, 7) is 8.83. The summed E-state index contributed by atoms with van der Waals surface area (Å²) in [5.74, 6) is 1.78. The maximum absolute atomic E-state index is 12.2. The van der Waals surface area contributed by atoms with E-state index in [1.54, 1.807) is 6.92 Å². The molecular weight excluding hydrogens is 304 g/mol. The van der Waals surface area contributed by atoms with E-state index >= 15 is 0 Å². The molecule has 0 saturated carbocycles. The molecule has 0 aromatic carbocycles. The molecule has 0 radical (unpaired) electrons. The Hall–Kier alpha value is -1.85. The van der Waals surface area contributed by atoms with Crippen LogP contribution >= 0.6 is 0 Å². The largest absolute Gasteiger partial charge is 0.342 e. The van der Waals surface area contributed by atoms with Gasteiger partial charge in [-0.25, -0.2) is 4.98 Å². The van der Waals surface area contributed by atoms with Crippen LogP contribution in [0.3, 0.4) is 0 Å². The summed E-state index contributed by atoms with van der Waals surface area (Å²) in [6, 6.07) is 0.0382. The van der Waals surface area contributed by atoms with E-state index in [1.165, 1.54) is 0 Å². The monoisotopic (exact) mass is 332 g/mol. The fraction of sp³-hybridized carbons (Fsp3) is 0.722. The lowest BCUT2D eigenvalue weighted by atomic mass is 9.87. The summed E-state index contributed by atoms with van der Waals surface area (Å²) in [5.41, 5.74) is 0. The number of carbonyl (C=O) groups is 2. The zero-order valence-electron chi connectivity index (χ0n) is 14.9. The Bertz CT molecular complexity index is 602. The van der Waals surface area contributed by atoms with Crippen LogP contribution in [0.5, 0.6) is 0 Å². The lowest BCUT2D eigenvalue weighted by Gasteiger charge is -2.40. The van der Waals surface area contributed by atoms with Crippen LogP contribution in [0.4, 0.5) is 0 Å². The van der Waals surface area contributed by atoms with Crippen molar-refractivity contribution >= 4 is 11.8 Å². The molecule has 3 rings (SSSR count). The van der Waals surface area contributed by atoms with Crippen LogP contribution in [0.15, 0.2) is 12.4 Å².